The Labute approximate surface area is 537 Å². The Morgan fingerprint density at radius 2 is 1.00 bits per heavy atom. The van der Waals surface area contributed by atoms with Crippen LogP contribution in [0.15, 0.2) is 319 Å². The van der Waals surface area contributed by atoms with Crippen molar-refractivity contribution in [2.24, 2.45) is 5.16 Å². The Hall–Kier alpha value is -10.3. The van der Waals surface area contributed by atoms with Gasteiger partial charge in [-0.15, -0.1) is 23.1 Å². The van der Waals surface area contributed by atoms with E-state index >= 15 is 14.4 Å². The number of β-lactam (4-membered cyclic amide) rings is 1. The van der Waals surface area contributed by atoms with Gasteiger partial charge in [-0.25, -0.2) is 9.78 Å². The molecule has 2 atom stereocenters. The molecule has 0 unspecified atom stereocenters. The molecule has 13 rings (SSSR count). The molecule has 2 aliphatic rings. The van der Waals surface area contributed by atoms with Gasteiger partial charge in [-0.1, -0.05) is 290 Å². The number of hydrogen-bond acceptors (Lipinski definition) is 11. The molecule has 2 amide bonds. The van der Waals surface area contributed by atoms with E-state index in [4.69, 9.17) is 24.5 Å². The molecule has 2 aliphatic heterocycles. The molecular formula is C77H62N5O6PS2. The fourth-order valence-electron chi connectivity index (χ4n) is 12.2. The number of aromatic nitrogens is 1. The molecule has 3 heterocycles. The minimum Gasteiger partial charge on any atom is -0.497 e. The summed E-state index contributed by atoms with van der Waals surface area (Å²) in [5.41, 5.74) is 4.28. The first-order valence-corrected chi connectivity index (χ1v) is 33.6. The zero-order valence-electron chi connectivity index (χ0n) is 49.6. The predicted octanol–water partition coefficient (Wildman–Crippen LogP) is 13.5. The van der Waals surface area contributed by atoms with E-state index in [-0.39, 0.29) is 23.7 Å². The number of nitrogens with one attached hydrogen (secondary N) is 2. The maximum absolute atomic E-state index is 15.8. The fraction of sp³-hybridized carbons (Fsp3) is 0.0909. The minimum absolute atomic E-state index is 0.0696. The summed E-state index contributed by atoms with van der Waals surface area (Å²) in [5, 5.41) is 16.7. The zero-order chi connectivity index (χ0) is 62.0. The first-order valence-electron chi connectivity index (χ1n) is 29.8. The Bertz CT molecular complexity index is 4140. The summed E-state index contributed by atoms with van der Waals surface area (Å²) in [6.07, 6.45) is 0. The molecule has 0 spiro atoms. The summed E-state index contributed by atoms with van der Waals surface area (Å²) < 4.78 is 11.6. The van der Waals surface area contributed by atoms with Crippen molar-refractivity contribution in [2.75, 3.05) is 18.2 Å². The van der Waals surface area contributed by atoms with Crippen LogP contribution in [-0.4, -0.2) is 63.5 Å². The van der Waals surface area contributed by atoms with Gasteiger partial charge in [0.05, 0.1) is 7.11 Å². The molecule has 14 heteroatoms. The molecule has 0 bridgehead atoms. The topological polar surface area (TPSA) is 131 Å². The van der Waals surface area contributed by atoms with Gasteiger partial charge in [0.2, 0.25) is 5.60 Å². The molecule has 11 nitrogen and oxygen atoms in total. The van der Waals surface area contributed by atoms with Crippen LogP contribution < -0.4 is 31.3 Å². The van der Waals surface area contributed by atoms with Gasteiger partial charge in [0, 0.05) is 27.8 Å². The summed E-state index contributed by atoms with van der Waals surface area (Å²) in [5.74, 6) is 1.29. The van der Waals surface area contributed by atoms with Crippen LogP contribution in [0.1, 0.15) is 44.6 Å². The molecule has 0 aliphatic carbocycles. The van der Waals surface area contributed by atoms with Crippen molar-refractivity contribution < 1.29 is 28.7 Å². The van der Waals surface area contributed by atoms with Crippen molar-refractivity contribution in [1.82, 2.24) is 15.2 Å². The number of oxime groups is 1. The van der Waals surface area contributed by atoms with E-state index in [1.807, 2.05) is 224 Å². The number of anilines is 1. The average Bonchev–Trinajstić information content (AvgIpc) is 1.07. The lowest BCUT2D eigenvalue weighted by Gasteiger charge is -2.49. The molecule has 0 saturated carbocycles. The number of amides is 2. The van der Waals surface area contributed by atoms with Gasteiger partial charge in [0.1, 0.15) is 40.7 Å². The van der Waals surface area contributed by atoms with E-state index in [0.717, 1.165) is 54.9 Å². The molecule has 1 aromatic heterocycles. The van der Waals surface area contributed by atoms with Crippen molar-refractivity contribution >= 4 is 80.3 Å². The molecule has 1 saturated heterocycles. The highest BCUT2D eigenvalue weighted by molar-refractivity contribution is 8.00. The number of ether oxygens (including phenoxy) is 2. The number of carbonyl (C=O) groups excluding carboxylic acids is 3. The van der Waals surface area contributed by atoms with Crippen molar-refractivity contribution in [3.05, 3.63) is 359 Å². The van der Waals surface area contributed by atoms with E-state index in [1.54, 1.807) is 12.5 Å². The molecule has 0 radical (unpaired) electrons. The summed E-state index contributed by atoms with van der Waals surface area (Å²) >= 11 is 2.78. The number of fused-ring (bicyclic) bond motifs is 1. The van der Waals surface area contributed by atoms with E-state index in [2.05, 4.69) is 89.2 Å². The van der Waals surface area contributed by atoms with Crippen molar-refractivity contribution in [1.29, 1.82) is 0 Å². The Balaban J connectivity index is 0.928. The van der Waals surface area contributed by atoms with Crippen LogP contribution >= 0.6 is 30.0 Å². The lowest BCUT2D eigenvalue weighted by molar-refractivity contribution is -0.153. The third-order valence-corrected chi connectivity index (χ3v) is 22.6. The quantitative estimate of drug-likeness (QED) is 0.0180. The largest absolute Gasteiger partial charge is 0.497 e. The highest BCUT2D eigenvalue weighted by Gasteiger charge is 2.55. The number of benzene rings is 10. The molecule has 1 fully saturated rings. The fourth-order valence-corrected chi connectivity index (χ4v) is 18.3. The number of esters is 1. The highest BCUT2D eigenvalue weighted by atomic mass is 32.2. The second kappa shape index (κ2) is 26.8. The first kappa shape index (κ1) is 59.7. The maximum atomic E-state index is 15.8. The minimum atomic E-state index is -2.73. The third-order valence-electron chi connectivity index (χ3n) is 16.5. The number of rotatable bonds is 21. The number of nitrogens with zero attached hydrogens (tertiary/aromatic N) is 3. The van der Waals surface area contributed by atoms with Gasteiger partial charge in [0.25, 0.3) is 11.8 Å². The monoisotopic (exact) mass is 1250 g/mol. The lowest BCUT2D eigenvalue weighted by atomic mass is 9.77. The average molecular weight is 1250 g/mol. The van der Waals surface area contributed by atoms with Crippen LogP contribution in [-0.2, 0) is 41.7 Å². The van der Waals surface area contributed by atoms with Crippen molar-refractivity contribution in [2.45, 2.75) is 29.2 Å². The molecule has 10 aromatic carbocycles. The van der Waals surface area contributed by atoms with Gasteiger partial charge >= 0.3 is 5.97 Å². The molecule has 448 valence electrons. The van der Waals surface area contributed by atoms with E-state index in [1.165, 1.54) is 28.0 Å². The lowest BCUT2D eigenvalue weighted by Crippen LogP contribution is -2.71. The third kappa shape index (κ3) is 11.7. The Morgan fingerprint density at radius 1 is 0.582 bits per heavy atom. The summed E-state index contributed by atoms with van der Waals surface area (Å²) in [7, 11) is 1.60. The molecule has 91 heavy (non-hydrogen) atoms. The predicted molar refractivity (Wildman–Crippen MR) is 368 cm³/mol. The van der Waals surface area contributed by atoms with E-state index in [0.29, 0.717) is 22.2 Å². The van der Waals surface area contributed by atoms with Gasteiger partial charge in [-0.3, -0.25) is 14.5 Å². The number of carbonyl (C=O) groups is 3. The maximum Gasteiger partial charge on any atom is 0.355 e. The van der Waals surface area contributed by atoms with Crippen LogP contribution in [0.3, 0.4) is 0 Å². The molecule has 2 N–H and O–H groups in total. The van der Waals surface area contributed by atoms with Gasteiger partial charge < -0.3 is 24.9 Å². The number of thioether (sulfide) groups is 1. The van der Waals surface area contributed by atoms with Crippen molar-refractivity contribution in [3.63, 3.8) is 0 Å². The SMILES string of the molecule is COc1ccc(COC(=O)C2=C(C=P(c3ccccc3)(c3ccccc3)c3ccccc3)CS[C@H]3[C@H](NC(=O)C(=NOC(c4ccccc4)(c4ccccc4)c4ccccc4)c4csc(NC(c5ccccc5)(c5ccccc5)c5ccccc5)n4)C(=O)N23)cc1. The zero-order valence-corrected chi connectivity index (χ0v) is 52.1. The number of hydrogen-bond donors (Lipinski definition) is 2. The smallest absolute Gasteiger partial charge is 0.355 e. The van der Waals surface area contributed by atoms with Crippen LogP contribution in [0.5, 0.6) is 5.75 Å². The van der Waals surface area contributed by atoms with Gasteiger partial charge in [0.15, 0.2) is 10.8 Å². The Kier molecular flexibility index (Phi) is 17.6. The first-order chi connectivity index (χ1) is 44.8. The van der Waals surface area contributed by atoms with Crippen LogP contribution in [0, 0.1) is 0 Å². The van der Waals surface area contributed by atoms with Crippen LogP contribution in [0.4, 0.5) is 5.13 Å². The van der Waals surface area contributed by atoms with Crippen molar-refractivity contribution in [3.8, 4) is 5.75 Å². The van der Waals surface area contributed by atoms with Gasteiger partial charge in [-0.2, -0.15) is 0 Å². The van der Waals surface area contributed by atoms with Crippen LogP contribution in [0.2, 0.25) is 0 Å². The van der Waals surface area contributed by atoms with E-state index < -0.39 is 47.2 Å². The normalized spacial score (nSPS) is 14.9. The standard InChI is InChI=1S/C77H62N5O6PS2/c1-86-63-49-47-55(48-50-63)51-87-74(85)70-56(52-89(64-41-23-8-24-42-64,65-43-25-9-26-44-65)66-45-27-10-28-46-66)53-90-73-69(72(84)82(70)73)79-71(83)68(81-88-77(60-35-17-5-18-36-60,61-37-19-6-20-38-61)62-39-21-7-22-40-62)67-54-91-75(78-67)80-76(57-29-11-2-12-30-57,58-31-13-3-14-32-58)59-33-15-4-16-34-59/h2-50,52,54,69,73H,51,53H2,1H3,(H,78,80)(H,79,83)/t69-,73+/m1/s1. The van der Waals surface area contributed by atoms with Crippen LogP contribution in [0.25, 0.3) is 0 Å². The van der Waals surface area contributed by atoms with Gasteiger partial charge in [-0.05, 0) is 68.6 Å². The summed E-state index contributed by atoms with van der Waals surface area (Å²) in [6, 6.07) is 97.0. The van der Waals surface area contributed by atoms with E-state index in [9.17, 15) is 0 Å². The molecular weight excluding hydrogens is 1190 g/mol. The second-order valence-corrected chi connectivity index (χ2v) is 27.1. The summed E-state index contributed by atoms with van der Waals surface area (Å²) in [6.45, 7) is -2.80. The number of thiazole rings is 1. The summed E-state index contributed by atoms with van der Waals surface area (Å²) in [4.78, 5) is 60.3. The number of methoxy groups -OCH3 is 1. The highest BCUT2D eigenvalue weighted by Crippen LogP contribution is 2.49. The Morgan fingerprint density at radius 3 is 1.43 bits per heavy atom. The second-order valence-electron chi connectivity index (χ2n) is 21.8. The molecule has 11 aromatic rings.